The Morgan fingerprint density at radius 1 is 1.48 bits per heavy atom. The van der Waals surface area contributed by atoms with Gasteiger partial charge in [0.05, 0.1) is 12.4 Å². The third-order valence-electron chi connectivity index (χ3n) is 3.19. The minimum Gasteiger partial charge on any atom is -0.478 e. The zero-order valence-electron chi connectivity index (χ0n) is 11.7. The van der Waals surface area contributed by atoms with E-state index in [1.54, 1.807) is 17.2 Å². The molecule has 0 radical (unpaired) electrons. The monoisotopic (exact) mass is 332 g/mol. The van der Waals surface area contributed by atoms with Crippen LogP contribution in [0.1, 0.15) is 18.9 Å². The molecule has 21 heavy (non-hydrogen) atoms. The molecule has 0 saturated carbocycles. The number of aromatic nitrogens is 1. The third kappa shape index (κ3) is 4.86. The van der Waals surface area contributed by atoms with E-state index < -0.39 is 9.05 Å². The summed E-state index contributed by atoms with van der Waals surface area (Å²) in [5.41, 5.74) is 0.876. The van der Waals surface area contributed by atoms with Gasteiger partial charge in [-0.25, -0.2) is 13.4 Å². The SMILES string of the molecule is CCOc1ccc(CN2CC(CS(=O)(=O)Cl)CC2=O)cn1. The lowest BCUT2D eigenvalue weighted by atomic mass is 10.1. The number of likely N-dealkylation sites (tertiary alicyclic amines) is 1. The van der Waals surface area contributed by atoms with Crippen molar-refractivity contribution in [2.45, 2.75) is 19.9 Å². The summed E-state index contributed by atoms with van der Waals surface area (Å²) >= 11 is 0. The first kappa shape index (κ1) is 16.0. The molecule has 1 atom stereocenters. The van der Waals surface area contributed by atoms with Gasteiger partial charge in [-0.05, 0) is 12.5 Å². The van der Waals surface area contributed by atoms with E-state index in [9.17, 15) is 13.2 Å². The second-order valence-electron chi connectivity index (χ2n) is 4.99. The van der Waals surface area contributed by atoms with Gasteiger partial charge in [-0.1, -0.05) is 6.07 Å². The maximum atomic E-state index is 11.9. The Morgan fingerprint density at radius 3 is 2.81 bits per heavy atom. The van der Waals surface area contributed by atoms with Crippen molar-refractivity contribution in [1.29, 1.82) is 0 Å². The van der Waals surface area contributed by atoms with Crippen LogP contribution in [0.5, 0.6) is 5.88 Å². The fourth-order valence-electron chi connectivity index (χ4n) is 2.36. The maximum Gasteiger partial charge on any atom is 0.232 e. The van der Waals surface area contributed by atoms with Crippen molar-refractivity contribution in [1.82, 2.24) is 9.88 Å². The van der Waals surface area contributed by atoms with Crippen LogP contribution in [-0.2, 0) is 20.4 Å². The standard InChI is InChI=1S/C13H17ClN2O4S/c1-2-20-12-4-3-10(6-15-12)7-16-8-11(5-13(16)17)9-21(14,18)19/h3-4,6,11H,2,5,7-9H2,1H3. The van der Waals surface area contributed by atoms with E-state index >= 15 is 0 Å². The molecule has 1 unspecified atom stereocenters. The summed E-state index contributed by atoms with van der Waals surface area (Å²) in [6, 6.07) is 3.59. The van der Waals surface area contributed by atoms with Crippen LogP contribution in [0.25, 0.3) is 0 Å². The van der Waals surface area contributed by atoms with Crippen LogP contribution in [0.4, 0.5) is 0 Å². The normalized spacial score (nSPS) is 19.0. The minimum absolute atomic E-state index is 0.0609. The summed E-state index contributed by atoms with van der Waals surface area (Å²) in [6.07, 6.45) is 1.88. The van der Waals surface area contributed by atoms with Crippen molar-refractivity contribution in [3.05, 3.63) is 23.9 Å². The number of pyridine rings is 1. The van der Waals surface area contributed by atoms with E-state index in [4.69, 9.17) is 15.4 Å². The van der Waals surface area contributed by atoms with E-state index in [1.807, 2.05) is 13.0 Å². The van der Waals surface area contributed by atoms with Crippen molar-refractivity contribution >= 4 is 25.6 Å². The third-order valence-corrected chi connectivity index (χ3v) is 4.44. The molecule has 1 aliphatic heterocycles. The van der Waals surface area contributed by atoms with Gasteiger partial charge in [-0.2, -0.15) is 0 Å². The molecule has 1 aromatic heterocycles. The van der Waals surface area contributed by atoms with Gasteiger partial charge in [0.25, 0.3) is 0 Å². The number of carbonyl (C=O) groups is 1. The molecule has 2 heterocycles. The van der Waals surface area contributed by atoms with Crippen LogP contribution in [0.3, 0.4) is 0 Å². The quantitative estimate of drug-likeness (QED) is 0.736. The Balaban J connectivity index is 1.95. The summed E-state index contributed by atoms with van der Waals surface area (Å²) in [6.45, 7) is 3.24. The van der Waals surface area contributed by atoms with E-state index in [-0.39, 0.29) is 24.0 Å². The molecule has 1 fully saturated rings. The summed E-state index contributed by atoms with van der Waals surface area (Å²) in [5, 5.41) is 0. The van der Waals surface area contributed by atoms with E-state index in [2.05, 4.69) is 4.98 Å². The highest BCUT2D eigenvalue weighted by molar-refractivity contribution is 8.13. The lowest BCUT2D eigenvalue weighted by Crippen LogP contribution is -2.25. The largest absolute Gasteiger partial charge is 0.478 e. The number of hydrogen-bond donors (Lipinski definition) is 0. The smallest absolute Gasteiger partial charge is 0.232 e. The highest BCUT2D eigenvalue weighted by Crippen LogP contribution is 2.22. The van der Waals surface area contributed by atoms with Gasteiger partial charge < -0.3 is 9.64 Å². The Hall–Kier alpha value is -1.34. The zero-order valence-corrected chi connectivity index (χ0v) is 13.2. The number of carbonyl (C=O) groups excluding carboxylic acids is 1. The predicted octanol–water partition coefficient (Wildman–Crippen LogP) is 1.40. The van der Waals surface area contributed by atoms with Crippen molar-refractivity contribution < 1.29 is 17.9 Å². The number of halogens is 1. The summed E-state index contributed by atoms with van der Waals surface area (Å²) < 4.78 is 27.4. The number of rotatable bonds is 6. The average Bonchev–Trinajstić information content (AvgIpc) is 2.70. The van der Waals surface area contributed by atoms with Crippen LogP contribution in [0.15, 0.2) is 18.3 Å². The first-order valence-corrected chi connectivity index (χ1v) is 9.13. The molecule has 1 saturated heterocycles. The lowest BCUT2D eigenvalue weighted by molar-refractivity contribution is -0.128. The van der Waals surface area contributed by atoms with Crippen LogP contribution in [0, 0.1) is 5.92 Å². The highest BCUT2D eigenvalue weighted by Gasteiger charge is 2.32. The van der Waals surface area contributed by atoms with Gasteiger partial charge >= 0.3 is 0 Å². The molecular weight excluding hydrogens is 316 g/mol. The number of hydrogen-bond acceptors (Lipinski definition) is 5. The Bertz CT molecular complexity index is 603. The lowest BCUT2D eigenvalue weighted by Gasteiger charge is -2.16. The van der Waals surface area contributed by atoms with E-state index in [1.165, 1.54) is 0 Å². The highest BCUT2D eigenvalue weighted by atomic mass is 35.7. The Labute approximate surface area is 128 Å². The molecule has 0 spiro atoms. The maximum absolute atomic E-state index is 11.9. The molecule has 1 aromatic rings. The molecule has 0 bridgehead atoms. The van der Waals surface area contributed by atoms with Crippen LogP contribution >= 0.6 is 10.7 Å². The number of ether oxygens (including phenoxy) is 1. The Kier molecular flexibility index (Phi) is 5.05. The fourth-order valence-corrected chi connectivity index (χ4v) is 3.68. The second-order valence-corrected chi connectivity index (χ2v) is 7.81. The second kappa shape index (κ2) is 6.62. The van der Waals surface area contributed by atoms with Crippen molar-refractivity contribution in [3.8, 4) is 5.88 Å². The van der Waals surface area contributed by atoms with Gasteiger partial charge in [0.1, 0.15) is 0 Å². The van der Waals surface area contributed by atoms with Crippen molar-refractivity contribution in [2.75, 3.05) is 18.9 Å². The summed E-state index contributed by atoms with van der Waals surface area (Å²) in [5.74, 6) is 0.0724. The summed E-state index contributed by atoms with van der Waals surface area (Å²) in [4.78, 5) is 17.7. The van der Waals surface area contributed by atoms with Gasteiger partial charge in [0.2, 0.25) is 20.8 Å². The zero-order chi connectivity index (χ0) is 15.5. The molecule has 8 heteroatoms. The van der Waals surface area contributed by atoms with Crippen LogP contribution in [-0.4, -0.2) is 43.1 Å². The van der Waals surface area contributed by atoms with Gasteiger partial charge in [0.15, 0.2) is 0 Å². The van der Waals surface area contributed by atoms with Gasteiger partial charge in [-0.15, -0.1) is 0 Å². The molecule has 0 aliphatic carbocycles. The number of amides is 1. The van der Waals surface area contributed by atoms with Crippen LogP contribution in [0.2, 0.25) is 0 Å². The molecule has 6 nitrogen and oxygen atoms in total. The molecule has 116 valence electrons. The molecule has 0 N–H and O–H groups in total. The van der Waals surface area contributed by atoms with Crippen molar-refractivity contribution in [2.24, 2.45) is 5.92 Å². The van der Waals surface area contributed by atoms with Crippen LogP contribution < -0.4 is 4.74 Å². The topological polar surface area (TPSA) is 76.6 Å². The fraction of sp³-hybridized carbons (Fsp3) is 0.538. The molecular formula is C13H17ClN2O4S. The molecule has 1 aliphatic rings. The first-order valence-electron chi connectivity index (χ1n) is 6.65. The molecule has 0 aromatic carbocycles. The minimum atomic E-state index is -3.57. The molecule has 1 amide bonds. The average molecular weight is 333 g/mol. The Morgan fingerprint density at radius 2 is 2.24 bits per heavy atom. The number of nitrogens with zero attached hydrogens (tertiary/aromatic N) is 2. The van der Waals surface area contributed by atoms with Crippen molar-refractivity contribution in [3.63, 3.8) is 0 Å². The van der Waals surface area contributed by atoms with E-state index in [0.717, 1.165) is 5.56 Å². The van der Waals surface area contributed by atoms with E-state index in [0.29, 0.717) is 25.6 Å². The first-order chi connectivity index (χ1) is 9.87. The summed E-state index contributed by atoms with van der Waals surface area (Å²) in [7, 11) is 1.66. The predicted molar refractivity (Wildman–Crippen MR) is 78.6 cm³/mol. The van der Waals surface area contributed by atoms with Gasteiger partial charge in [0, 0.05) is 48.4 Å². The molecule has 2 rings (SSSR count). The van der Waals surface area contributed by atoms with Gasteiger partial charge in [-0.3, -0.25) is 4.79 Å².